The van der Waals surface area contributed by atoms with Gasteiger partial charge in [0.05, 0.1) is 11.1 Å². The summed E-state index contributed by atoms with van der Waals surface area (Å²) < 4.78 is 0. The molecular formula is C22H19N5O2. The van der Waals surface area contributed by atoms with Gasteiger partial charge in [-0.3, -0.25) is 0 Å². The molecule has 4 aromatic rings. The van der Waals surface area contributed by atoms with Crippen LogP contribution in [-0.4, -0.2) is 39.1 Å². The molecule has 0 saturated heterocycles. The first kappa shape index (κ1) is 17.4. The van der Waals surface area contributed by atoms with Crippen molar-refractivity contribution in [2.24, 2.45) is 0 Å². The van der Waals surface area contributed by atoms with E-state index in [0.717, 1.165) is 34.8 Å². The van der Waals surface area contributed by atoms with Crippen LogP contribution in [0.5, 0.6) is 0 Å². The van der Waals surface area contributed by atoms with E-state index in [0.29, 0.717) is 23.3 Å². The number of anilines is 3. The topological polar surface area (TPSA) is 91.2 Å². The Kier molecular flexibility index (Phi) is 4.01. The summed E-state index contributed by atoms with van der Waals surface area (Å²) >= 11 is 0. The number of carbonyl (C=O) groups is 1. The van der Waals surface area contributed by atoms with Crippen LogP contribution in [0.2, 0.25) is 0 Å². The van der Waals surface area contributed by atoms with Crippen LogP contribution in [0.25, 0.3) is 21.8 Å². The second-order valence-electron chi connectivity index (χ2n) is 7.24. The first-order valence-corrected chi connectivity index (χ1v) is 9.49. The molecule has 0 radical (unpaired) electrons. The average Bonchev–Trinajstić information content (AvgIpc) is 3.56. The van der Waals surface area contributed by atoms with E-state index < -0.39 is 5.97 Å². The van der Waals surface area contributed by atoms with Crippen LogP contribution in [0.15, 0.2) is 54.7 Å². The fourth-order valence-electron chi connectivity index (χ4n) is 3.39. The standard InChI is InChI=1S/C22H19N5O2/c1-27(15-5-3-2-4-6-15)20-19-17(12-23-22(26-19)24-14-8-9-14)16-10-7-13(21(28)29)11-18(16)25-20/h2-7,10-12,14H,8-9H2,1H3,(H,28,29)(H,23,24,26). The molecule has 1 fully saturated rings. The van der Waals surface area contributed by atoms with Crippen LogP contribution in [0, 0.1) is 0 Å². The highest BCUT2D eigenvalue weighted by molar-refractivity contribution is 6.10. The van der Waals surface area contributed by atoms with Crippen LogP contribution >= 0.6 is 0 Å². The highest BCUT2D eigenvalue weighted by Crippen LogP contribution is 2.34. The minimum atomic E-state index is -0.980. The van der Waals surface area contributed by atoms with Gasteiger partial charge in [-0.1, -0.05) is 24.3 Å². The monoisotopic (exact) mass is 385 g/mol. The molecule has 5 rings (SSSR count). The van der Waals surface area contributed by atoms with Crippen molar-refractivity contribution in [2.45, 2.75) is 18.9 Å². The zero-order valence-corrected chi connectivity index (χ0v) is 15.8. The molecule has 0 unspecified atom stereocenters. The van der Waals surface area contributed by atoms with Crippen molar-refractivity contribution in [1.82, 2.24) is 15.0 Å². The average molecular weight is 385 g/mol. The second-order valence-corrected chi connectivity index (χ2v) is 7.24. The smallest absolute Gasteiger partial charge is 0.335 e. The minimum Gasteiger partial charge on any atom is -0.478 e. The van der Waals surface area contributed by atoms with Gasteiger partial charge in [-0.05, 0) is 37.1 Å². The van der Waals surface area contributed by atoms with Gasteiger partial charge in [0.25, 0.3) is 0 Å². The lowest BCUT2D eigenvalue weighted by molar-refractivity contribution is 0.0697. The van der Waals surface area contributed by atoms with E-state index >= 15 is 0 Å². The number of pyridine rings is 1. The predicted octanol–water partition coefficient (Wildman–Crippen LogP) is 4.22. The number of aromatic nitrogens is 3. The summed E-state index contributed by atoms with van der Waals surface area (Å²) in [6.07, 6.45) is 4.05. The number of rotatable bonds is 5. The van der Waals surface area contributed by atoms with Gasteiger partial charge in [0, 0.05) is 35.7 Å². The van der Waals surface area contributed by atoms with E-state index in [1.807, 2.05) is 42.3 Å². The van der Waals surface area contributed by atoms with E-state index in [4.69, 9.17) is 9.97 Å². The summed E-state index contributed by atoms with van der Waals surface area (Å²) in [5, 5.41) is 14.4. The van der Waals surface area contributed by atoms with Gasteiger partial charge >= 0.3 is 5.97 Å². The molecule has 0 bridgehead atoms. The zero-order chi connectivity index (χ0) is 20.0. The quantitative estimate of drug-likeness (QED) is 0.497. The van der Waals surface area contributed by atoms with Crippen molar-refractivity contribution in [3.63, 3.8) is 0 Å². The van der Waals surface area contributed by atoms with Gasteiger partial charge in [0.1, 0.15) is 5.52 Å². The highest BCUT2D eigenvalue weighted by Gasteiger charge is 2.23. The Hall–Kier alpha value is -3.74. The lowest BCUT2D eigenvalue weighted by Crippen LogP contribution is -2.13. The molecule has 0 aliphatic heterocycles. The van der Waals surface area contributed by atoms with Crippen molar-refractivity contribution in [2.75, 3.05) is 17.3 Å². The summed E-state index contributed by atoms with van der Waals surface area (Å²) in [5.74, 6) is 0.264. The number of hydrogen-bond acceptors (Lipinski definition) is 6. The Morgan fingerprint density at radius 2 is 1.90 bits per heavy atom. The first-order valence-electron chi connectivity index (χ1n) is 9.49. The zero-order valence-electron chi connectivity index (χ0n) is 15.8. The molecular weight excluding hydrogens is 366 g/mol. The number of benzene rings is 2. The maximum Gasteiger partial charge on any atom is 0.335 e. The van der Waals surface area contributed by atoms with Gasteiger partial charge in [0.2, 0.25) is 5.95 Å². The Bertz CT molecular complexity index is 1240. The van der Waals surface area contributed by atoms with Crippen molar-refractivity contribution >= 4 is 45.2 Å². The first-order chi connectivity index (χ1) is 14.1. The molecule has 7 nitrogen and oxygen atoms in total. The van der Waals surface area contributed by atoms with Gasteiger partial charge in [0.15, 0.2) is 5.82 Å². The van der Waals surface area contributed by atoms with Gasteiger partial charge < -0.3 is 15.3 Å². The third-order valence-corrected chi connectivity index (χ3v) is 5.13. The molecule has 2 aromatic carbocycles. The summed E-state index contributed by atoms with van der Waals surface area (Å²) in [6.45, 7) is 0. The van der Waals surface area contributed by atoms with Crippen molar-refractivity contribution in [1.29, 1.82) is 0 Å². The molecule has 1 saturated carbocycles. The molecule has 0 spiro atoms. The Morgan fingerprint density at radius 1 is 1.10 bits per heavy atom. The number of carboxylic acids is 1. The maximum absolute atomic E-state index is 11.4. The summed E-state index contributed by atoms with van der Waals surface area (Å²) in [6, 6.07) is 15.3. The maximum atomic E-state index is 11.4. The third-order valence-electron chi connectivity index (χ3n) is 5.13. The van der Waals surface area contributed by atoms with Crippen molar-refractivity contribution in [3.05, 3.63) is 60.3 Å². The molecule has 29 heavy (non-hydrogen) atoms. The summed E-state index contributed by atoms with van der Waals surface area (Å²) in [7, 11) is 1.93. The number of hydrogen-bond donors (Lipinski definition) is 2. The number of nitrogens with one attached hydrogen (secondary N) is 1. The van der Waals surface area contributed by atoms with Crippen LogP contribution in [0.3, 0.4) is 0 Å². The lowest BCUT2D eigenvalue weighted by Gasteiger charge is -2.21. The number of nitrogens with zero attached hydrogens (tertiary/aromatic N) is 4. The molecule has 2 N–H and O–H groups in total. The van der Waals surface area contributed by atoms with Crippen LogP contribution in [0.4, 0.5) is 17.5 Å². The predicted molar refractivity (Wildman–Crippen MR) is 113 cm³/mol. The summed E-state index contributed by atoms with van der Waals surface area (Å²) in [5.41, 5.74) is 2.49. The van der Waals surface area contributed by atoms with E-state index in [9.17, 15) is 9.90 Å². The number of fused-ring (bicyclic) bond motifs is 3. The molecule has 1 aliphatic carbocycles. The fraction of sp³-hybridized carbons (Fsp3) is 0.182. The van der Waals surface area contributed by atoms with E-state index in [1.54, 1.807) is 24.4 Å². The van der Waals surface area contributed by atoms with Gasteiger partial charge in [-0.2, -0.15) is 0 Å². The Morgan fingerprint density at radius 3 is 2.62 bits per heavy atom. The normalized spacial score (nSPS) is 13.6. The number of aromatic carboxylic acids is 1. The third kappa shape index (κ3) is 3.20. The molecule has 0 atom stereocenters. The van der Waals surface area contributed by atoms with Crippen molar-refractivity contribution in [3.8, 4) is 0 Å². The number of carboxylic acid groups (broad SMARTS) is 1. The van der Waals surface area contributed by atoms with E-state index in [1.165, 1.54) is 0 Å². The largest absolute Gasteiger partial charge is 0.478 e. The number of para-hydroxylation sites is 1. The molecule has 2 aromatic heterocycles. The van der Waals surface area contributed by atoms with Gasteiger partial charge in [-0.25, -0.2) is 19.7 Å². The molecule has 2 heterocycles. The molecule has 144 valence electrons. The van der Waals surface area contributed by atoms with Crippen molar-refractivity contribution < 1.29 is 9.90 Å². The van der Waals surface area contributed by atoms with Crippen LogP contribution in [0.1, 0.15) is 23.2 Å². The summed E-state index contributed by atoms with van der Waals surface area (Å²) in [4.78, 5) is 27.4. The second kappa shape index (κ2) is 6.70. The minimum absolute atomic E-state index is 0.200. The Balaban J connectivity index is 1.76. The van der Waals surface area contributed by atoms with E-state index in [2.05, 4.69) is 10.3 Å². The van der Waals surface area contributed by atoms with Crippen LogP contribution in [-0.2, 0) is 0 Å². The SMILES string of the molecule is CN(c1ccccc1)c1nc2cc(C(=O)O)ccc2c2cnc(NC3CC3)nc12. The molecule has 7 heteroatoms. The lowest BCUT2D eigenvalue weighted by atomic mass is 10.1. The Labute approximate surface area is 167 Å². The molecule has 1 aliphatic rings. The van der Waals surface area contributed by atoms with E-state index in [-0.39, 0.29) is 5.56 Å². The molecule has 0 amide bonds. The van der Waals surface area contributed by atoms with Gasteiger partial charge in [-0.15, -0.1) is 0 Å². The fourth-order valence-corrected chi connectivity index (χ4v) is 3.39. The highest BCUT2D eigenvalue weighted by atomic mass is 16.4. The van der Waals surface area contributed by atoms with Crippen LogP contribution < -0.4 is 10.2 Å².